The highest BCUT2D eigenvalue weighted by molar-refractivity contribution is 7.78. The Bertz CT molecular complexity index is 371. The van der Waals surface area contributed by atoms with Gasteiger partial charge in [0.2, 0.25) is 0 Å². The van der Waals surface area contributed by atoms with Crippen LogP contribution in [0.15, 0.2) is 24.5 Å². The van der Waals surface area contributed by atoms with Crippen LogP contribution in [0.4, 0.5) is 0 Å². The first-order chi connectivity index (χ1) is 9.74. The third-order valence-electron chi connectivity index (χ3n) is 3.28. The molecule has 0 aromatic carbocycles. The molecule has 0 fully saturated rings. The van der Waals surface area contributed by atoms with Crippen LogP contribution in [0.3, 0.4) is 0 Å². The molecule has 0 saturated heterocycles. The van der Waals surface area contributed by atoms with Crippen molar-refractivity contribution in [2.24, 2.45) is 0 Å². The summed E-state index contributed by atoms with van der Waals surface area (Å²) in [5.41, 5.74) is 1.35. The summed E-state index contributed by atoms with van der Waals surface area (Å²) in [4.78, 5) is 0. The summed E-state index contributed by atoms with van der Waals surface area (Å²) in [7, 11) is 0. The molecular formula is C17H28N2S. The second kappa shape index (κ2) is 14.4. The van der Waals surface area contributed by atoms with E-state index in [9.17, 15) is 0 Å². The molecule has 112 valence electrons. The molecule has 0 unspecified atom stereocenters. The Kier molecular flexibility index (Phi) is 13.6. The van der Waals surface area contributed by atoms with Gasteiger partial charge in [-0.1, -0.05) is 57.7 Å². The lowest BCUT2D eigenvalue weighted by Gasteiger charge is -2.00. The molecule has 0 spiro atoms. The fourth-order valence-corrected chi connectivity index (χ4v) is 2.22. The first kappa shape index (κ1) is 18.9. The number of hydrogen-bond acceptors (Lipinski definition) is 1. The van der Waals surface area contributed by atoms with Gasteiger partial charge in [-0.15, -0.1) is 0 Å². The summed E-state index contributed by atoms with van der Waals surface area (Å²) in [6.07, 6.45) is 15.6. The minimum atomic E-state index is 1.18. The van der Waals surface area contributed by atoms with Crippen molar-refractivity contribution in [3.05, 3.63) is 35.5 Å². The van der Waals surface area contributed by atoms with Crippen LogP contribution in [0, 0.1) is 6.92 Å². The molecule has 0 N–H and O–H groups in total. The Labute approximate surface area is 129 Å². The number of thiocarbonyl (C=S) groups is 1. The molecule has 1 aromatic heterocycles. The first-order valence-corrected chi connectivity index (χ1v) is 8.12. The third-order valence-corrected chi connectivity index (χ3v) is 3.28. The van der Waals surface area contributed by atoms with Crippen molar-refractivity contribution < 1.29 is 4.57 Å². The highest BCUT2D eigenvalue weighted by Crippen LogP contribution is 2.08. The number of nitrogens with zero attached hydrogens (tertiary/aromatic N) is 2. The molecule has 20 heavy (non-hydrogen) atoms. The van der Waals surface area contributed by atoms with Gasteiger partial charge in [0, 0.05) is 18.1 Å². The van der Waals surface area contributed by atoms with Gasteiger partial charge in [-0.3, -0.25) is 0 Å². The van der Waals surface area contributed by atoms with Gasteiger partial charge in [0.1, 0.15) is 6.54 Å². The number of aryl methyl sites for hydroxylation is 2. The lowest BCUT2D eigenvalue weighted by Crippen LogP contribution is -2.32. The standard InChI is InChI=1S/C16H28N.CNS/c1-3-4-5-6-7-8-9-10-13-17-14-11-12-16(2)15-17;2-1-3/h11-12,14-15H,3-10,13H2,1-2H3;/q+1;-1. The topological polar surface area (TPSA) is 26.2 Å². The number of isothiocyanates is 1. The fraction of sp³-hybridized carbons (Fsp3) is 0.647. The second-order valence-electron chi connectivity index (χ2n) is 5.19. The Balaban J connectivity index is 0.00000110. The highest BCUT2D eigenvalue weighted by atomic mass is 32.1. The summed E-state index contributed by atoms with van der Waals surface area (Å²) >= 11 is 3.70. The van der Waals surface area contributed by atoms with Gasteiger partial charge in [-0.25, -0.2) is 4.57 Å². The fourth-order valence-electron chi connectivity index (χ4n) is 2.22. The Morgan fingerprint density at radius 2 is 1.65 bits per heavy atom. The zero-order valence-corrected chi connectivity index (χ0v) is 13.8. The van der Waals surface area contributed by atoms with Gasteiger partial charge in [0.25, 0.3) is 0 Å². The van der Waals surface area contributed by atoms with Crippen molar-refractivity contribution >= 4 is 17.4 Å². The van der Waals surface area contributed by atoms with Crippen LogP contribution in [0.1, 0.15) is 63.9 Å². The van der Waals surface area contributed by atoms with E-state index < -0.39 is 0 Å². The van der Waals surface area contributed by atoms with E-state index in [-0.39, 0.29) is 0 Å². The molecule has 0 radical (unpaired) electrons. The summed E-state index contributed by atoms with van der Waals surface area (Å²) in [6, 6.07) is 4.30. The van der Waals surface area contributed by atoms with Gasteiger partial charge in [-0.2, -0.15) is 5.16 Å². The largest absolute Gasteiger partial charge is 0.753 e. The zero-order chi connectivity index (χ0) is 15.1. The monoisotopic (exact) mass is 292 g/mol. The molecule has 0 aliphatic rings. The maximum absolute atomic E-state index is 7.13. The Morgan fingerprint density at radius 1 is 1.10 bits per heavy atom. The lowest BCUT2D eigenvalue weighted by atomic mass is 10.1. The maximum atomic E-state index is 7.13. The van der Waals surface area contributed by atoms with E-state index in [2.05, 4.69) is 55.2 Å². The van der Waals surface area contributed by atoms with E-state index in [1.54, 1.807) is 0 Å². The maximum Gasteiger partial charge on any atom is 0.171 e. The van der Waals surface area contributed by atoms with Crippen LogP contribution in [0.25, 0.3) is 5.41 Å². The number of rotatable bonds is 9. The number of aromatic nitrogens is 1. The number of unbranched alkanes of at least 4 members (excludes halogenated alkanes) is 7. The van der Waals surface area contributed by atoms with Gasteiger partial charge in [0.15, 0.2) is 12.4 Å². The van der Waals surface area contributed by atoms with Gasteiger partial charge in [-0.05, 0) is 19.4 Å². The molecule has 0 aliphatic carbocycles. The molecular weight excluding hydrogens is 264 g/mol. The lowest BCUT2D eigenvalue weighted by molar-refractivity contribution is -0.697. The summed E-state index contributed by atoms with van der Waals surface area (Å²) in [6.45, 7) is 5.61. The minimum absolute atomic E-state index is 1.18. The molecule has 0 saturated carbocycles. The molecule has 2 nitrogen and oxygen atoms in total. The first-order valence-electron chi connectivity index (χ1n) is 7.71. The van der Waals surface area contributed by atoms with E-state index in [0.29, 0.717) is 0 Å². The van der Waals surface area contributed by atoms with Crippen molar-refractivity contribution in [1.29, 1.82) is 0 Å². The van der Waals surface area contributed by atoms with Crippen molar-refractivity contribution in [3.63, 3.8) is 0 Å². The number of pyridine rings is 1. The molecule has 1 heterocycles. The number of hydrogen-bond donors (Lipinski definition) is 0. The van der Waals surface area contributed by atoms with Crippen LogP contribution in [-0.4, -0.2) is 5.16 Å². The molecule has 0 atom stereocenters. The molecule has 0 aliphatic heterocycles. The summed E-state index contributed by atoms with van der Waals surface area (Å²) < 4.78 is 2.31. The van der Waals surface area contributed by atoms with Crippen molar-refractivity contribution in [3.8, 4) is 0 Å². The quantitative estimate of drug-likeness (QED) is 0.270. The van der Waals surface area contributed by atoms with E-state index >= 15 is 0 Å². The second-order valence-corrected chi connectivity index (χ2v) is 5.37. The smallest absolute Gasteiger partial charge is 0.171 e. The predicted octanol–water partition coefficient (Wildman–Crippen LogP) is 5.08. The predicted molar refractivity (Wildman–Crippen MR) is 89.9 cm³/mol. The molecule has 1 aromatic rings. The Morgan fingerprint density at radius 3 is 2.20 bits per heavy atom. The summed E-state index contributed by atoms with van der Waals surface area (Å²) in [5, 5.41) is 8.47. The van der Waals surface area contributed by atoms with Crippen LogP contribution >= 0.6 is 12.2 Å². The average Bonchev–Trinajstić information content (AvgIpc) is 2.43. The SMILES string of the molecule is CCCCCCCCCC[n+]1cccc(C)c1.[N-]=C=S. The van der Waals surface area contributed by atoms with E-state index in [1.165, 1.54) is 68.6 Å². The molecule has 1 rings (SSSR count). The van der Waals surface area contributed by atoms with E-state index in [1.807, 2.05) is 0 Å². The van der Waals surface area contributed by atoms with Crippen molar-refractivity contribution in [1.82, 2.24) is 0 Å². The normalized spacial score (nSPS) is 9.50. The van der Waals surface area contributed by atoms with Crippen molar-refractivity contribution in [2.45, 2.75) is 71.8 Å². The summed E-state index contributed by atoms with van der Waals surface area (Å²) in [5.74, 6) is 0. The van der Waals surface area contributed by atoms with Crippen molar-refractivity contribution in [2.75, 3.05) is 0 Å². The van der Waals surface area contributed by atoms with Crippen LogP contribution in [-0.2, 0) is 6.54 Å². The van der Waals surface area contributed by atoms with Gasteiger partial charge < -0.3 is 5.41 Å². The minimum Gasteiger partial charge on any atom is -0.753 e. The highest BCUT2D eigenvalue weighted by Gasteiger charge is 1.99. The molecule has 0 amide bonds. The zero-order valence-electron chi connectivity index (χ0n) is 13.0. The van der Waals surface area contributed by atoms with Crippen LogP contribution in [0.5, 0.6) is 0 Å². The van der Waals surface area contributed by atoms with Gasteiger partial charge >= 0.3 is 0 Å². The van der Waals surface area contributed by atoms with Crippen LogP contribution < -0.4 is 4.57 Å². The van der Waals surface area contributed by atoms with Gasteiger partial charge in [0.05, 0.1) is 0 Å². The van der Waals surface area contributed by atoms with E-state index in [4.69, 9.17) is 5.41 Å². The van der Waals surface area contributed by atoms with E-state index in [0.717, 1.165) is 0 Å². The van der Waals surface area contributed by atoms with Crippen LogP contribution in [0.2, 0.25) is 0 Å². The molecule has 3 heteroatoms. The Hall–Kier alpha value is -1.05. The average molecular weight is 292 g/mol. The molecule has 0 bridgehead atoms. The third kappa shape index (κ3) is 12.0.